The van der Waals surface area contributed by atoms with Crippen molar-refractivity contribution >= 4 is 18.0 Å². The van der Waals surface area contributed by atoms with Crippen LogP contribution in [0.15, 0.2) is 48.5 Å². The van der Waals surface area contributed by atoms with E-state index in [2.05, 4.69) is 34.9 Å². The maximum absolute atomic E-state index is 12.4. The van der Waals surface area contributed by atoms with Crippen LogP contribution in [0.3, 0.4) is 0 Å². The Balaban J connectivity index is 1.50. The minimum Gasteiger partial charge on any atom is -0.481 e. The number of carbonyl (C=O) groups excluding carboxylic acids is 2. The summed E-state index contributed by atoms with van der Waals surface area (Å²) in [6.45, 7) is 7.42. The van der Waals surface area contributed by atoms with E-state index in [9.17, 15) is 14.4 Å². The molecular formula is C26H32N2O5. The number of carbonyl (C=O) groups is 3. The predicted octanol–water partition coefficient (Wildman–Crippen LogP) is 4.17. The number of hydrogen-bond acceptors (Lipinski definition) is 4. The first-order chi connectivity index (χ1) is 15.6. The summed E-state index contributed by atoms with van der Waals surface area (Å²) < 4.78 is 5.55. The van der Waals surface area contributed by atoms with Crippen LogP contribution in [-0.4, -0.2) is 42.3 Å². The highest BCUT2D eigenvalue weighted by molar-refractivity contribution is 5.79. The van der Waals surface area contributed by atoms with Gasteiger partial charge in [0.1, 0.15) is 6.61 Å². The summed E-state index contributed by atoms with van der Waals surface area (Å²) in [7, 11) is 0. The number of amides is 2. The van der Waals surface area contributed by atoms with Gasteiger partial charge in [-0.25, -0.2) is 4.79 Å². The number of alkyl carbamates (subject to hydrolysis) is 1. The lowest BCUT2D eigenvalue weighted by molar-refractivity contribution is -0.142. The Bertz CT molecular complexity index is 987. The number of carboxylic acid groups (broad SMARTS) is 1. The van der Waals surface area contributed by atoms with Crippen molar-refractivity contribution in [2.45, 2.75) is 46.1 Å². The lowest BCUT2D eigenvalue weighted by atomic mass is 9.88. The van der Waals surface area contributed by atoms with E-state index in [1.165, 1.54) is 11.1 Å². The van der Waals surface area contributed by atoms with E-state index in [1.807, 2.05) is 38.1 Å². The van der Waals surface area contributed by atoms with Crippen molar-refractivity contribution < 1.29 is 24.2 Å². The standard InChI is InChI=1S/C26H32N2O5/c1-16(24(30)31)17(2)28-23(29)13-26(3,4)15-27-25(32)33-14-22-20-11-7-5-9-18(20)19-10-6-8-12-21(19)22/h5-12,16-17,22H,13-15H2,1-4H3,(H,27,32)(H,28,29)(H,30,31). The summed E-state index contributed by atoms with van der Waals surface area (Å²) in [4.78, 5) is 35.8. The molecule has 2 aromatic carbocycles. The van der Waals surface area contributed by atoms with Crippen LogP contribution in [0.2, 0.25) is 0 Å². The fraction of sp³-hybridized carbons (Fsp3) is 0.423. The van der Waals surface area contributed by atoms with Crippen molar-refractivity contribution in [3.63, 3.8) is 0 Å². The Morgan fingerprint density at radius 2 is 1.55 bits per heavy atom. The molecule has 0 heterocycles. The van der Waals surface area contributed by atoms with Crippen molar-refractivity contribution in [1.82, 2.24) is 10.6 Å². The van der Waals surface area contributed by atoms with Gasteiger partial charge >= 0.3 is 12.1 Å². The normalized spacial score (nSPS) is 14.5. The van der Waals surface area contributed by atoms with Gasteiger partial charge in [-0.15, -0.1) is 0 Å². The summed E-state index contributed by atoms with van der Waals surface area (Å²) in [5.74, 6) is -1.91. The van der Waals surface area contributed by atoms with Crippen LogP contribution in [-0.2, 0) is 14.3 Å². The maximum Gasteiger partial charge on any atom is 0.407 e. The van der Waals surface area contributed by atoms with Crippen LogP contribution in [0, 0.1) is 11.3 Å². The Morgan fingerprint density at radius 1 is 1.00 bits per heavy atom. The zero-order chi connectivity index (χ0) is 24.2. The second-order valence-electron chi connectivity index (χ2n) is 9.50. The second kappa shape index (κ2) is 10.1. The fourth-order valence-corrected chi connectivity index (χ4v) is 4.10. The van der Waals surface area contributed by atoms with Crippen molar-refractivity contribution in [2.24, 2.45) is 11.3 Å². The molecule has 2 amide bonds. The number of benzene rings is 2. The Kier molecular flexibility index (Phi) is 7.41. The third kappa shape index (κ3) is 5.92. The molecule has 0 aromatic heterocycles. The zero-order valence-corrected chi connectivity index (χ0v) is 19.6. The maximum atomic E-state index is 12.4. The van der Waals surface area contributed by atoms with E-state index < -0.39 is 29.4 Å². The summed E-state index contributed by atoms with van der Waals surface area (Å²) in [5.41, 5.74) is 4.10. The smallest absolute Gasteiger partial charge is 0.407 e. The number of rotatable bonds is 9. The van der Waals surface area contributed by atoms with Gasteiger partial charge in [-0.05, 0) is 41.5 Å². The summed E-state index contributed by atoms with van der Waals surface area (Å²) in [6.07, 6.45) is -0.383. The molecule has 7 nitrogen and oxygen atoms in total. The summed E-state index contributed by atoms with van der Waals surface area (Å²) in [5, 5.41) is 14.5. The van der Waals surface area contributed by atoms with Gasteiger partial charge in [0.25, 0.3) is 0 Å². The quantitative estimate of drug-likeness (QED) is 0.530. The molecule has 2 aromatic rings. The molecule has 7 heteroatoms. The highest BCUT2D eigenvalue weighted by Crippen LogP contribution is 2.44. The molecule has 2 atom stereocenters. The van der Waals surface area contributed by atoms with Crippen LogP contribution in [0.4, 0.5) is 4.79 Å². The molecule has 2 unspecified atom stereocenters. The van der Waals surface area contributed by atoms with Gasteiger partial charge in [0.15, 0.2) is 0 Å². The second-order valence-corrected chi connectivity index (χ2v) is 9.50. The SMILES string of the molecule is CC(NC(=O)CC(C)(C)CNC(=O)OCC1c2ccccc2-c2ccccc21)C(C)C(=O)O. The van der Waals surface area contributed by atoms with Gasteiger partial charge in [-0.2, -0.15) is 0 Å². The largest absolute Gasteiger partial charge is 0.481 e. The predicted molar refractivity (Wildman–Crippen MR) is 126 cm³/mol. The van der Waals surface area contributed by atoms with Crippen molar-refractivity contribution in [2.75, 3.05) is 13.2 Å². The first kappa shape index (κ1) is 24.3. The van der Waals surface area contributed by atoms with Gasteiger partial charge < -0.3 is 20.5 Å². The minimum atomic E-state index is -0.959. The third-order valence-corrected chi connectivity index (χ3v) is 6.22. The summed E-state index contributed by atoms with van der Waals surface area (Å²) in [6, 6.07) is 15.8. The highest BCUT2D eigenvalue weighted by Gasteiger charge is 2.30. The number of fused-ring (bicyclic) bond motifs is 3. The van der Waals surface area contributed by atoms with E-state index >= 15 is 0 Å². The fourth-order valence-electron chi connectivity index (χ4n) is 4.10. The molecule has 1 aliphatic carbocycles. The Morgan fingerprint density at radius 3 is 2.09 bits per heavy atom. The molecule has 0 saturated heterocycles. The average Bonchev–Trinajstić information content (AvgIpc) is 3.09. The number of aliphatic carboxylic acids is 1. The first-order valence-corrected chi connectivity index (χ1v) is 11.2. The van der Waals surface area contributed by atoms with E-state index in [1.54, 1.807) is 13.8 Å². The Hall–Kier alpha value is -3.35. The van der Waals surface area contributed by atoms with Gasteiger partial charge in [0.05, 0.1) is 5.92 Å². The van der Waals surface area contributed by atoms with E-state index in [0.29, 0.717) is 0 Å². The van der Waals surface area contributed by atoms with Gasteiger partial charge in [0, 0.05) is 24.9 Å². The van der Waals surface area contributed by atoms with Crippen molar-refractivity contribution in [3.8, 4) is 11.1 Å². The monoisotopic (exact) mass is 452 g/mol. The first-order valence-electron chi connectivity index (χ1n) is 11.2. The molecule has 0 spiro atoms. The van der Waals surface area contributed by atoms with Gasteiger partial charge in [-0.1, -0.05) is 62.4 Å². The number of hydrogen-bond donors (Lipinski definition) is 3. The van der Waals surface area contributed by atoms with E-state index in [0.717, 1.165) is 11.1 Å². The van der Waals surface area contributed by atoms with E-state index in [-0.39, 0.29) is 31.4 Å². The lowest BCUT2D eigenvalue weighted by Crippen LogP contribution is -2.43. The lowest BCUT2D eigenvalue weighted by Gasteiger charge is -2.26. The molecule has 0 aliphatic heterocycles. The van der Waals surface area contributed by atoms with Crippen LogP contribution in [0.1, 0.15) is 51.2 Å². The van der Waals surface area contributed by atoms with Crippen LogP contribution < -0.4 is 10.6 Å². The van der Waals surface area contributed by atoms with Crippen LogP contribution >= 0.6 is 0 Å². The molecule has 3 N–H and O–H groups in total. The molecule has 3 rings (SSSR count). The molecule has 0 fully saturated rings. The summed E-state index contributed by atoms with van der Waals surface area (Å²) >= 11 is 0. The molecule has 176 valence electrons. The minimum absolute atomic E-state index is 0.0142. The molecular weight excluding hydrogens is 420 g/mol. The highest BCUT2D eigenvalue weighted by atomic mass is 16.5. The molecule has 0 saturated carbocycles. The molecule has 33 heavy (non-hydrogen) atoms. The molecule has 0 radical (unpaired) electrons. The van der Waals surface area contributed by atoms with Gasteiger partial charge in [-0.3, -0.25) is 9.59 Å². The number of carboxylic acids is 1. The van der Waals surface area contributed by atoms with Crippen LogP contribution in [0.5, 0.6) is 0 Å². The third-order valence-electron chi connectivity index (χ3n) is 6.22. The molecule has 1 aliphatic rings. The average molecular weight is 453 g/mol. The van der Waals surface area contributed by atoms with Crippen LogP contribution in [0.25, 0.3) is 11.1 Å². The number of ether oxygens (including phenoxy) is 1. The van der Waals surface area contributed by atoms with Crippen molar-refractivity contribution in [1.29, 1.82) is 0 Å². The van der Waals surface area contributed by atoms with Gasteiger partial charge in [0.2, 0.25) is 5.91 Å². The zero-order valence-electron chi connectivity index (χ0n) is 19.6. The Labute approximate surface area is 194 Å². The van der Waals surface area contributed by atoms with E-state index in [4.69, 9.17) is 9.84 Å². The van der Waals surface area contributed by atoms with Crippen molar-refractivity contribution in [3.05, 3.63) is 59.7 Å². The topological polar surface area (TPSA) is 105 Å². The number of nitrogens with one attached hydrogen (secondary N) is 2. The molecule has 0 bridgehead atoms.